The largest absolute Gasteiger partial charge is 0.324 e. The number of thioether (sulfide) groups is 1. The minimum atomic E-state index is -0.372. The Bertz CT molecular complexity index is 692. The highest BCUT2D eigenvalue weighted by molar-refractivity contribution is 7.99. The van der Waals surface area contributed by atoms with E-state index in [1.54, 1.807) is 12.1 Å². The van der Waals surface area contributed by atoms with Crippen molar-refractivity contribution in [3.05, 3.63) is 44.8 Å². The number of carbonyl (C=O) groups is 1. The van der Waals surface area contributed by atoms with Crippen LogP contribution in [-0.4, -0.2) is 26.8 Å². The highest BCUT2D eigenvalue weighted by Gasteiger charge is 2.08. The predicted octanol–water partition coefficient (Wildman–Crippen LogP) is 2.20. The van der Waals surface area contributed by atoms with Crippen molar-refractivity contribution in [3.8, 4) is 0 Å². The number of amides is 1. The van der Waals surface area contributed by atoms with Crippen LogP contribution in [-0.2, 0) is 4.79 Å². The molecule has 0 fully saturated rings. The summed E-state index contributed by atoms with van der Waals surface area (Å²) in [6.07, 6.45) is 1.05. The lowest BCUT2D eigenvalue weighted by molar-refractivity contribution is -0.113. The van der Waals surface area contributed by atoms with E-state index < -0.39 is 0 Å². The molecule has 2 rings (SSSR count). The van der Waals surface area contributed by atoms with Crippen molar-refractivity contribution in [2.24, 2.45) is 0 Å². The molecule has 1 amide bonds. The number of hydrogen-bond acceptors (Lipinski definition) is 5. The van der Waals surface area contributed by atoms with E-state index >= 15 is 0 Å². The van der Waals surface area contributed by atoms with Crippen molar-refractivity contribution in [1.29, 1.82) is 0 Å². The van der Waals surface area contributed by atoms with Crippen LogP contribution in [0.4, 0.5) is 5.69 Å². The summed E-state index contributed by atoms with van der Waals surface area (Å²) in [6.45, 7) is 0. The Morgan fingerprint density at radius 1 is 1.40 bits per heavy atom. The van der Waals surface area contributed by atoms with E-state index in [4.69, 9.17) is 23.2 Å². The zero-order valence-corrected chi connectivity index (χ0v) is 12.2. The van der Waals surface area contributed by atoms with Gasteiger partial charge in [0.1, 0.15) is 6.20 Å². The summed E-state index contributed by atoms with van der Waals surface area (Å²) < 4.78 is 0. The molecule has 2 N–H and O–H groups in total. The fourth-order valence-electron chi connectivity index (χ4n) is 1.27. The van der Waals surface area contributed by atoms with Gasteiger partial charge in [0.05, 0.1) is 16.5 Å². The van der Waals surface area contributed by atoms with Crippen LogP contribution in [0.5, 0.6) is 0 Å². The Balaban J connectivity index is 1.94. The molecule has 1 aromatic carbocycles. The molecule has 0 radical (unpaired) electrons. The number of halogens is 2. The molecule has 0 aliphatic heterocycles. The monoisotopic (exact) mass is 330 g/mol. The third kappa shape index (κ3) is 4.22. The lowest BCUT2D eigenvalue weighted by Crippen LogP contribution is -2.15. The normalized spacial score (nSPS) is 10.3. The lowest BCUT2D eigenvalue weighted by Gasteiger charge is -2.06. The number of carbonyl (C=O) groups excluding carboxylic acids is 1. The molecule has 6 nitrogen and oxygen atoms in total. The fraction of sp³-hybridized carbons (Fsp3) is 0.0909. The van der Waals surface area contributed by atoms with Crippen LogP contribution in [0.25, 0.3) is 0 Å². The van der Waals surface area contributed by atoms with Crippen LogP contribution in [0.15, 0.2) is 34.3 Å². The van der Waals surface area contributed by atoms with Crippen LogP contribution in [0.3, 0.4) is 0 Å². The highest BCUT2D eigenvalue weighted by atomic mass is 35.5. The fourth-order valence-corrected chi connectivity index (χ4v) is 2.35. The standard InChI is InChI=1S/C11H8Cl2N4O2S/c12-6-1-2-8(7(13)3-6)15-10(19)5-20-11-16-9(18)4-14-17-11/h1-4H,5H2,(H,15,19)(H,16,17,18). The van der Waals surface area contributed by atoms with Crippen molar-refractivity contribution >= 4 is 46.6 Å². The molecule has 0 saturated heterocycles. The average Bonchev–Trinajstić information content (AvgIpc) is 2.40. The van der Waals surface area contributed by atoms with Crippen molar-refractivity contribution in [2.75, 3.05) is 11.1 Å². The SMILES string of the molecule is O=C(CSc1nncc(=O)[nH]1)Nc1ccc(Cl)cc1Cl. The molecule has 0 atom stereocenters. The molecular formula is C11H8Cl2N4O2S. The predicted molar refractivity (Wildman–Crippen MR) is 78.5 cm³/mol. The molecule has 2 aromatic rings. The summed E-state index contributed by atoms with van der Waals surface area (Å²) in [6, 6.07) is 4.76. The first kappa shape index (κ1) is 14.8. The van der Waals surface area contributed by atoms with Gasteiger partial charge < -0.3 is 5.32 Å². The topological polar surface area (TPSA) is 87.7 Å². The molecule has 1 aromatic heterocycles. The Morgan fingerprint density at radius 3 is 2.90 bits per heavy atom. The van der Waals surface area contributed by atoms with Crippen molar-refractivity contribution in [2.45, 2.75) is 5.16 Å². The van der Waals surface area contributed by atoms with Gasteiger partial charge in [-0.3, -0.25) is 14.6 Å². The number of nitrogens with one attached hydrogen (secondary N) is 2. The summed E-state index contributed by atoms with van der Waals surface area (Å²) in [5, 5.41) is 10.9. The van der Waals surface area contributed by atoms with Crippen LogP contribution in [0.2, 0.25) is 10.0 Å². The zero-order valence-electron chi connectivity index (χ0n) is 9.89. The van der Waals surface area contributed by atoms with E-state index in [1.165, 1.54) is 6.07 Å². The number of benzene rings is 1. The molecule has 1 heterocycles. The molecule has 9 heteroatoms. The summed E-state index contributed by atoms with van der Waals surface area (Å²) in [7, 11) is 0. The number of anilines is 1. The molecule has 0 unspecified atom stereocenters. The summed E-state index contributed by atoms with van der Waals surface area (Å²) in [4.78, 5) is 25.2. The van der Waals surface area contributed by atoms with Gasteiger partial charge >= 0.3 is 0 Å². The average molecular weight is 331 g/mol. The van der Waals surface area contributed by atoms with Gasteiger partial charge in [0.15, 0.2) is 5.16 Å². The third-order valence-corrected chi connectivity index (χ3v) is 3.51. The van der Waals surface area contributed by atoms with Gasteiger partial charge in [0.25, 0.3) is 5.56 Å². The van der Waals surface area contributed by atoms with Crippen LogP contribution < -0.4 is 10.9 Å². The van der Waals surface area contributed by atoms with Crippen LogP contribution in [0, 0.1) is 0 Å². The van der Waals surface area contributed by atoms with E-state index in [0.29, 0.717) is 15.7 Å². The molecule has 0 saturated carbocycles. The number of rotatable bonds is 4. The van der Waals surface area contributed by atoms with Gasteiger partial charge in [0.2, 0.25) is 5.91 Å². The maximum absolute atomic E-state index is 11.7. The van der Waals surface area contributed by atoms with E-state index in [-0.39, 0.29) is 22.4 Å². The molecular weight excluding hydrogens is 323 g/mol. The van der Waals surface area contributed by atoms with Gasteiger partial charge in [-0.25, -0.2) is 0 Å². The minimum absolute atomic E-state index is 0.0631. The van der Waals surface area contributed by atoms with Crippen LogP contribution >= 0.6 is 35.0 Å². The Morgan fingerprint density at radius 2 is 2.20 bits per heavy atom. The van der Waals surface area contributed by atoms with Crippen molar-refractivity contribution in [1.82, 2.24) is 15.2 Å². The number of H-pyrrole nitrogens is 1. The van der Waals surface area contributed by atoms with Gasteiger partial charge in [-0.15, -0.1) is 5.10 Å². The van der Waals surface area contributed by atoms with E-state index in [9.17, 15) is 9.59 Å². The first-order chi connectivity index (χ1) is 9.54. The number of aromatic amines is 1. The first-order valence-corrected chi connectivity index (χ1v) is 7.08. The number of hydrogen-bond donors (Lipinski definition) is 2. The minimum Gasteiger partial charge on any atom is -0.324 e. The van der Waals surface area contributed by atoms with Gasteiger partial charge in [0, 0.05) is 5.02 Å². The van der Waals surface area contributed by atoms with Crippen molar-refractivity contribution < 1.29 is 4.79 Å². The second-order valence-corrected chi connectivity index (χ2v) is 5.41. The maximum atomic E-state index is 11.7. The van der Waals surface area contributed by atoms with E-state index in [0.717, 1.165) is 18.0 Å². The summed E-state index contributed by atoms with van der Waals surface area (Å²) in [5.74, 6) is -0.223. The zero-order chi connectivity index (χ0) is 14.5. The van der Waals surface area contributed by atoms with Gasteiger partial charge in [-0.1, -0.05) is 35.0 Å². The summed E-state index contributed by atoms with van der Waals surface area (Å²) >= 11 is 12.8. The maximum Gasteiger partial charge on any atom is 0.270 e. The number of nitrogens with zero attached hydrogens (tertiary/aromatic N) is 2. The molecule has 104 valence electrons. The highest BCUT2D eigenvalue weighted by Crippen LogP contribution is 2.25. The van der Waals surface area contributed by atoms with E-state index in [2.05, 4.69) is 20.5 Å². The van der Waals surface area contributed by atoms with Gasteiger partial charge in [-0.2, -0.15) is 5.10 Å². The smallest absolute Gasteiger partial charge is 0.270 e. The van der Waals surface area contributed by atoms with Crippen molar-refractivity contribution in [3.63, 3.8) is 0 Å². The molecule has 0 aliphatic rings. The second kappa shape index (κ2) is 6.74. The van der Waals surface area contributed by atoms with Crippen LogP contribution in [0.1, 0.15) is 0 Å². The lowest BCUT2D eigenvalue weighted by atomic mass is 10.3. The molecule has 0 bridgehead atoms. The molecule has 0 aliphatic carbocycles. The molecule has 20 heavy (non-hydrogen) atoms. The third-order valence-electron chi connectivity index (χ3n) is 2.10. The molecule has 0 spiro atoms. The first-order valence-electron chi connectivity index (χ1n) is 5.34. The summed E-state index contributed by atoms with van der Waals surface area (Å²) in [5.41, 5.74) is 0.0953. The number of aromatic nitrogens is 3. The Hall–Kier alpha value is -1.57. The quantitative estimate of drug-likeness (QED) is 0.839. The Kier molecular flexibility index (Phi) is 4.99. The Labute approximate surface area is 127 Å². The van der Waals surface area contributed by atoms with E-state index in [1.807, 2.05) is 0 Å². The second-order valence-electron chi connectivity index (χ2n) is 3.60. The van der Waals surface area contributed by atoms with Gasteiger partial charge in [-0.05, 0) is 18.2 Å².